The number of benzene rings is 2. The third-order valence-electron chi connectivity index (χ3n) is 3.74. The van der Waals surface area contributed by atoms with Crippen molar-refractivity contribution in [1.82, 2.24) is 5.32 Å². The number of rotatable bonds is 6. The van der Waals surface area contributed by atoms with Crippen molar-refractivity contribution in [3.05, 3.63) is 65.6 Å². The molecule has 0 saturated heterocycles. The van der Waals surface area contributed by atoms with Crippen LogP contribution in [0.1, 0.15) is 6.42 Å². The maximum absolute atomic E-state index is 6.41. The quantitative estimate of drug-likeness (QED) is 0.855. The van der Waals surface area contributed by atoms with Crippen molar-refractivity contribution < 1.29 is 4.74 Å². The van der Waals surface area contributed by atoms with E-state index in [-0.39, 0.29) is 6.10 Å². The predicted octanol–water partition coefficient (Wildman–Crippen LogP) is 4.38. The number of ether oxygens (including phenoxy) is 1. The van der Waals surface area contributed by atoms with Crippen molar-refractivity contribution in [3.8, 4) is 5.75 Å². The lowest BCUT2D eigenvalue weighted by molar-refractivity contribution is 0.237. The van der Waals surface area contributed by atoms with E-state index in [4.69, 9.17) is 4.74 Å². The molecule has 0 spiro atoms. The first kappa shape index (κ1) is 15.2. The molecule has 1 aliphatic heterocycles. The number of allylic oxidation sites excluding steroid dienone is 2. The van der Waals surface area contributed by atoms with Crippen LogP contribution in [0.25, 0.3) is 10.8 Å². The molecule has 1 unspecified atom stereocenters. The molecule has 2 aromatic carbocycles. The zero-order chi connectivity index (χ0) is 15.2. The van der Waals surface area contributed by atoms with Crippen molar-refractivity contribution in [1.29, 1.82) is 0 Å². The van der Waals surface area contributed by atoms with E-state index < -0.39 is 0 Å². The van der Waals surface area contributed by atoms with E-state index in [0.29, 0.717) is 0 Å². The minimum Gasteiger partial charge on any atom is -0.485 e. The molecule has 1 aliphatic rings. The number of hydrogen-bond acceptors (Lipinski definition) is 3. The van der Waals surface area contributed by atoms with Crippen molar-refractivity contribution >= 4 is 22.5 Å². The molecule has 114 valence electrons. The molecule has 0 amide bonds. The molecule has 3 rings (SSSR count). The maximum Gasteiger partial charge on any atom is 0.131 e. The van der Waals surface area contributed by atoms with Gasteiger partial charge in [0.15, 0.2) is 0 Å². The van der Waals surface area contributed by atoms with E-state index in [0.717, 1.165) is 24.5 Å². The van der Waals surface area contributed by atoms with E-state index in [1.807, 2.05) is 18.8 Å². The molecular formula is C19H21NOS. The normalized spacial score (nSPS) is 15.6. The van der Waals surface area contributed by atoms with Crippen LogP contribution in [0, 0.1) is 0 Å². The van der Waals surface area contributed by atoms with Gasteiger partial charge in [0.1, 0.15) is 11.9 Å². The first-order valence-corrected chi connectivity index (χ1v) is 8.65. The van der Waals surface area contributed by atoms with Crippen LogP contribution in [-0.2, 0) is 0 Å². The largest absolute Gasteiger partial charge is 0.485 e. The third-order valence-corrected chi connectivity index (χ3v) is 4.83. The molecule has 0 aromatic heterocycles. The van der Waals surface area contributed by atoms with Crippen LogP contribution in [0.4, 0.5) is 0 Å². The molecule has 0 radical (unpaired) electrons. The van der Waals surface area contributed by atoms with Gasteiger partial charge < -0.3 is 10.1 Å². The summed E-state index contributed by atoms with van der Waals surface area (Å²) in [5.74, 6) is 2.00. The van der Waals surface area contributed by atoms with E-state index in [1.54, 1.807) is 0 Å². The Morgan fingerprint density at radius 2 is 2.05 bits per heavy atom. The highest BCUT2D eigenvalue weighted by molar-refractivity contribution is 8.03. The Bertz CT molecular complexity index is 687. The Labute approximate surface area is 136 Å². The van der Waals surface area contributed by atoms with E-state index in [2.05, 4.69) is 66.0 Å². The van der Waals surface area contributed by atoms with E-state index in [9.17, 15) is 0 Å². The molecule has 22 heavy (non-hydrogen) atoms. The Hall–Kier alpha value is -1.71. The summed E-state index contributed by atoms with van der Waals surface area (Å²) in [7, 11) is 1.98. The summed E-state index contributed by atoms with van der Waals surface area (Å²) in [6, 6.07) is 14.6. The van der Waals surface area contributed by atoms with Crippen LogP contribution in [-0.4, -0.2) is 25.4 Å². The van der Waals surface area contributed by atoms with Gasteiger partial charge in [-0.15, -0.1) is 11.8 Å². The van der Waals surface area contributed by atoms with Gasteiger partial charge in [0.2, 0.25) is 0 Å². The zero-order valence-electron chi connectivity index (χ0n) is 12.8. The monoisotopic (exact) mass is 311 g/mol. The van der Waals surface area contributed by atoms with Crippen LogP contribution in [0.5, 0.6) is 5.75 Å². The molecule has 1 heterocycles. The highest BCUT2D eigenvalue weighted by atomic mass is 32.2. The van der Waals surface area contributed by atoms with Gasteiger partial charge in [0, 0.05) is 22.5 Å². The van der Waals surface area contributed by atoms with Crippen LogP contribution in [0.15, 0.2) is 65.6 Å². The van der Waals surface area contributed by atoms with Crippen molar-refractivity contribution in [2.75, 3.05) is 19.3 Å². The van der Waals surface area contributed by atoms with Gasteiger partial charge in [-0.1, -0.05) is 48.6 Å². The van der Waals surface area contributed by atoms with Gasteiger partial charge >= 0.3 is 0 Å². The Balaban J connectivity index is 1.88. The fourth-order valence-corrected chi connectivity index (χ4v) is 3.52. The standard InChI is InChI=1S/C19H21NOS/c1-20-13-12-18(19-11-4-5-14-22-19)21-17-10-6-8-15-7-2-3-9-16(15)17/h2-11,18,20H,12-14H2,1H3. The van der Waals surface area contributed by atoms with Gasteiger partial charge in [-0.2, -0.15) is 0 Å². The predicted molar refractivity (Wildman–Crippen MR) is 96.6 cm³/mol. The maximum atomic E-state index is 6.41. The summed E-state index contributed by atoms with van der Waals surface area (Å²) in [6.45, 7) is 0.942. The molecule has 0 aliphatic carbocycles. The smallest absolute Gasteiger partial charge is 0.131 e. The SMILES string of the molecule is CNCCC(Oc1cccc2ccccc12)C1=CC=CCS1. The second-order valence-electron chi connectivity index (χ2n) is 5.28. The molecule has 2 nitrogen and oxygen atoms in total. The number of hydrogen-bond donors (Lipinski definition) is 1. The van der Waals surface area contributed by atoms with Crippen molar-refractivity contribution in [3.63, 3.8) is 0 Å². The number of fused-ring (bicyclic) bond motifs is 1. The highest BCUT2D eigenvalue weighted by Crippen LogP contribution is 2.32. The van der Waals surface area contributed by atoms with Gasteiger partial charge in [0.05, 0.1) is 0 Å². The molecule has 0 saturated carbocycles. The molecular weight excluding hydrogens is 290 g/mol. The number of nitrogens with one attached hydrogen (secondary N) is 1. The lowest BCUT2D eigenvalue weighted by Crippen LogP contribution is -2.24. The molecule has 2 aromatic rings. The first-order valence-electron chi connectivity index (χ1n) is 7.67. The average molecular weight is 311 g/mol. The molecule has 1 atom stereocenters. The van der Waals surface area contributed by atoms with Crippen molar-refractivity contribution in [2.24, 2.45) is 0 Å². The first-order chi connectivity index (χ1) is 10.9. The second-order valence-corrected chi connectivity index (χ2v) is 6.38. The van der Waals surface area contributed by atoms with Crippen LogP contribution in [0.3, 0.4) is 0 Å². The zero-order valence-corrected chi connectivity index (χ0v) is 13.6. The minimum atomic E-state index is 0.105. The average Bonchev–Trinajstić information content (AvgIpc) is 2.59. The van der Waals surface area contributed by atoms with E-state index in [1.165, 1.54) is 15.7 Å². The molecule has 1 N–H and O–H groups in total. The Kier molecular flexibility index (Phi) is 5.20. The lowest BCUT2D eigenvalue weighted by atomic mass is 10.1. The Morgan fingerprint density at radius 3 is 2.86 bits per heavy atom. The van der Waals surface area contributed by atoms with Crippen LogP contribution < -0.4 is 10.1 Å². The summed E-state index contributed by atoms with van der Waals surface area (Å²) < 4.78 is 6.41. The third kappa shape index (κ3) is 3.54. The molecule has 0 fully saturated rings. The molecule has 3 heteroatoms. The fourth-order valence-electron chi connectivity index (χ4n) is 2.60. The second kappa shape index (κ2) is 7.52. The topological polar surface area (TPSA) is 21.3 Å². The minimum absolute atomic E-state index is 0.105. The Morgan fingerprint density at radius 1 is 1.18 bits per heavy atom. The van der Waals surface area contributed by atoms with Crippen LogP contribution >= 0.6 is 11.8 Å². The summed E-state index contributed by atoms with van der Waals surface area (Å²) >= 11 is 1.87. The fraction of sp³-hybridized carbons (Fsp3) is 0.263. The van der Waals surface area contributed by atoms with Gasteiger partial charge in [-0.25, -0.2) is 0 Å². The highest BCUT2D eigenvalue weighted by Gasteiger charge is 2.18. The van der Waals surface area contributed by atoms with Gasteiger partial charge in [-0.05, 0) is 31.1 Å². The van der Waals surface area contributed by atoms with Gasteiger partial charge in [-0.3, -0.25) is 0 Å². The van der Waals surface area contributed by atoms with E-state index >= 15 is 0 Å². The van der Waals surface area contributed by atoms with Crippen molar-refractivity contribution in [2.45, 2.75) is 12.5 Å². The number of thioether (sulfide) groups is 1. The summed E-state index contributed by atoms with van der Waals surface area (Å²) in [5.41, 5.74) is 0. The summed E-state index contributed by atoms with van der Waals surface area (Å²) in [5, 5.41) is 5.62. The summed E-state index contributed by atoms with van der Waals surface area (Å²) in [4.78, 5) is 1.31. The summed E-state index contributed by atoms with van der Waals surface area (Å²) in [6.07, 6.45) is 7.56. The molecule has 0 bridgehead atoms. The van der Waals surface area contributed by atoms with Crippen LogP contribution in [0.2, 0.25) is 0 Å². The van der Waals surface area contributed by atoms with Gasteiger partial charge in [0.25, 0.3) is 0 Å². The lowest BCUT2D eigenvalue weighted by Gasteiger charge is -2.23.